The summed E-state index contributed by atoms with van der Waals surface area (Å²) in [6.45, 7) is 25.6. The molecule has 1 heterocycles. The van der Waals surface area contributed by atoms with Gasteiger partial charge in [0.15, 0.2) is 0 Å². The number of allylic oxidation sites excluding steroid dienone is 2. The van der Waals surface area contributed by atoms with Gasteiger partial charge in [-0.1, -0.05) is 73.9 Å². The van der Waals surface area contributed by atoms with Crippen molar-refractivity contribution < 1.29 is 14.6 Å². The van der Waals surface area contributed by atoms with Crippen molar-refractivity contribution in [2.45, 2.75) is 158 Å². The molecule has 2 N–H and O–H groups in total. The molecule has 3 fully saturated rings. The van der Waals surface area contributed by atoms with E-state index in [1.165, 1.54) is 27.8 Å². The Morgan fingerprint density at radius 1 is 0.394 bits per heavy atom. The Labute approximate surface area is 430 Å². The fraction of sp³-hybridized carbons (Fsp3) is 0.410. The minimum Gasteiger partial charge on any atom is -0.508 e. The van der Waals surface area contributed by atoms with Crippen LogP contribution >= 0.6 is 0 Å². The third-order valence-corrected chi connectivity index (χ3v) is 18.7. The van der Waals surface area contributed by atoms with Crippen LogP contribution in [0.15, 0.2) is 9.99 Å². The minimum absolute atomic E-state index is 0.0117. The molecule has 3 nitrogen and oxygen atoms in total. The number of aromatic hydroxyl groups is 2. The first-order valence-corrected chi connectivity index (χ1v) is 26.0. The molecule has 14 radical (unpaired) electrons. The minimum atomic E-state index is -0.602. The van der Waals surface area contributed by atoms with E-state index >= 15 is 0 Å². The normalized spacial score (nSPS) is 18.2. The molecule has 10 heteroatoms. The summed E-state index contributed by atoms with van der Waals surface area (Å²) in [6, 6.07) is 0. The Balaban J connectivity index is 1.47. The summed E-state index contributed by atoms with van der Waals surface area (Å²) in [4.78, 5) is 0. The highest BCUT2D eigenvalue weighted by atomic mass is 16.3. The standard InChI is InChI=1S/C61H59B7O3/c1-13-14-35-41(34-19-20-34)47-50-56(67)58(69)29(10)30(11)60(50)71-61(47)48(42(35)40-26(7)28(9)53(64)57(68)59(40)70)45-43-36(32-15-16-32)23(4)21(2)24(5)38(43)44(39-25(6)22(3)27(8)51(62)46(39)45)49-52(63)31(12)37(33-17-18-33)54(65)55(49)66/h32-34,42,48,69-70H,13-20H2,1-12H3. The number of benzene rings is 6. The van der Waals surface area contributed by atoms with Crippen LogP contribution in [0.4, 0.5) is 0 Å². The second-order valence-corrected chi connectivity index (χ2v) is 22.4. The maximum Gasteiger partial charge on any atom is 0.137 e. The molecule has 0 aliphatic heterocycles. The number of rotatable bonds is 8. The van der Waals surface area contributed by atoms with Gasteiger partial charge in [-0.2, -0.15) is 0 Å². The Hall–Kier alpha value is -4.83. The molecule has 3 saturated carbocycles. The van der Waals surface area contributed by atoms with Gasteiger partial charge in [-0.25, -0.2) is 0 Å². The smallest absolute Gasteiger partial charge is 0.137 e. The van der Waals surface area contributed by atoms with E-state index in [1.54, 1.807) is 0 Å². The van der Waals surface area contributed by atoms with Crippen molar-refractivity contribution in [1.29, 1.82) is 0 Å². The molecule has 0 bridgehead atoms. The van der Waals surface area contributed by atoms with Crippen LogP contribution in [0.1, 0.15) is 177 Å². The van der Waals surface area contributed by atoms with Crippen molar-refractivity contribution in [3.05, 3.63) is 100 Å². The van der Waals surface area contributed by atoms with Crippen LogP contribution in [0.25, 0.3) is 49.2 Å². The Morgan fingerprint density at radius 2 is 0.944 bits per heavy atom. The summed E-state index contributed by atoms with van der Waals surface area (Å²) in [5.41, 5.74) is 24.0. The molecule has 4 aliphatic carbocycles. The van der Waals surface area contributed by atoms with Crippen molar-refractivity contribution in [2.24, 2.45) is 5.92 Å². The SMILES string of the molecule is [B]c1c([B])c(O)c(C2C(CCC)=C(C3CC3)c3c(oc4c(C)c(C)c(O)c([B])c34)C2c2c3c([B])c(C)c(C)c(C)c3c(-c3c([B])c([B])c(C4CC4)c(C)c3[B])c3c(C)c(C)c(C)c(C4CC4)c23)c(C)c1C. The predicted octanol–water partition coefficient (Wildman–Crippen LogP) is 8.41. The van der Waals surface area contributed by atoms with Crippen molar-refractivity contribution in [1.82, 2.24) is 0 Å². The fourth-order valence-electron chi connectivity index (χ4n) is 13.6. The van der Waals surface area contributed by atoms with E-state index in [1.807, 2.05) is 20.8 Å². The molecule has 0 amide bonds. The molecule has 11 rings (SSSR count). The maximum atomic E-state index is 12.9. The molecular formula is C61H59B7O3. The Kier molecular flexibility index (Phi) is 11.3. The average Bonchev–Trinajstić information content (AvgIpc) is 4.21. The summed E-state index contributed by atoms with van der Waals surface area (Å²) in [5.74, 6) is 0.544. The van der Waals surface area contributed by atoms with Crippen LogP contribution in [-0.2, 0) is 0 Å². The highest BCUT2D eigenvalue weighted by Crippen LogP contribution is 2.64. The number of phenols is 2. The first kappa shape index (κ1) is 48.4. The summed E-state index contributed by atoms with van der Waals surface area (Å²) in [6.07, 6.45) is 7.75. The van der Waals surface area contributed by atoms with Crippen LogP contribution in [0.3, 0.4) is 0 Å². The zero-order valence-electron chi connectivity index (χ0n) is 43.9. The largest absolute Gasteiger partial charge is 0.508 e. The monoisotopic (exact) mass is 917 g/mol. The molecule has 6 aromatic carbocycles. The lowest BCUT2D eigenvalue weighted by atomic mass is 9.60. The maximum absolute atomic E-state index is 12.9. The topological polar surface area (TPSA) is 53.6 Å². The fourth-order valence-corrected chi connectivity index (χ4v) is 13.6. The zero-order valence-corrected chi connectivity index (χ0v) is 43.9. The summed E-state index contributed by atoms with van der Waals surface area (Å²) >= 11 is 0. The second kappa shape index (κ2) is 16.6. The summed E-state index contributed by atoms with van der Waals surface area (Å²) in [7, 11) is 51.1. The lowest BCUT2D eigenvalue weighted by Crippen LogP contribution is -2.38. The van der Waals surface area contributed by atoms with Crippen molar-refractivity contribution in [3.8, 4) is 22.6 Å². The third-order valence-electron chi connectivity index (χ3n) is 18.7. The highest BCUT2D eigenvalue weighted by molar-refractivity contribution is 6.56. The van der Waals surface area contributed by atoms with E-state index in [2.05, 4.69) is 62.3 Å². The quantitative estimate of drug-likeness (QED) is 0.119. The molecule has 342 valence electrons. The van der Waals surface area contributed by atoms with Gasteiger partial charge >= 0.3 is 0 Å². The summed E-state index contributed by atoms with van der Waals surface area (Å²) in [5, 5.41) is 29.5. The molecule has 2 unspecified atom stereocenters. The summed E-state index contributed by atoms with van der Waals surface area (Å²) < 4.78 is 7.64. The molecular weight excluding hydrogens is 856 g/mol. The molecule has 71 heavy (non-hydrogen) atoms. The van der Waals surface area contributed by atoms with Gasteiger partial charge in [0.25, 0.3) is 0 Å². The Bertz CT molecular complexity index is 3580. The van der Waals surface area contributed by atoms with E-state index in [9.17, 15) is 10.2 Å². The lowest BCUT2D eigenvalue weighted by Gasteiger charge is -2.40. The van der Waals surface area contributed by atoms with Crippen LogP contribution < -0.4 is 38.2 Å². The Morgan fingerprint density at radius 3 is 1.54 bits per heavy atom. The first-order valence-electron chi connectivity index (χ1n) is 26.0. The number of hydrogen-bond acceptors (Lipinski definition) is 3. The van der Waals surface area contributed by atoms with Gasteiger partial charge in [-0.05, 0) is 238 Å². The number of hydrogen-bond donors (Lipinski definition) is 2. The van der Waals surface area contributed by atoms with Crippen LogP contribution in [0.5, 0.6) is 11.5 Å². The lowest BCUT2D eigenvalue weighted by molar-refractivity contribution is 0.446. The van der Waals surface area contributed by atoms with E-state index < -0.39 is 11.8 Å². The molecule has 1 aromatic heterocycles. The van der Waals surface area contributed by atoms with E-state index in [0.717, 1.165) is 162 Å². The number of furan rings is 1. The van der Waals surface area contributed by atoms with Crippen molar-refractivity contribution in [3.63, 3.8) is 0 Å². The van der Waals surface area contributed by atoms with Crippen LogP contribution in [-0.4, -0.2) is 65.1 Å². The predicted molar refractivity (Wildman–Crippen MR) is 306 cm³/mol. The average molecular weight is 916 g/mol. The van der Waals surface area contributed by atoms with Gasteiger partial charge in [0, 0.05) is 22.4 Å². The van der Waals surface area contributed by atoms with E-state index in [4.69, 9.17) is 59.3 Å². The van der Waals surface area contributed by atoms with Crippen LogP contribution in [0, 0.1) is 82.1 Å². The van der Waals surface area contributed by atoms with Gasteiger partial charge in [-0.3, -0.25) is 0 Å². The second-order valence-electron chi connectivity index (χ2n) is 22.4. The molecule has 0 spiro atoms. The number of aryl methyl sites for hydroxylation is 3. The molecule has 4 aliphatic rings. The van der Waals surface area contributed by atoms with Crippen molar-refractivity contribution >= 4 is 131 Å². The van der Waals surface area contributed by atoms with Crippen molar-refractivity contribution in [2.75, 3.05) is 0 Å². The van der Waals surface area contributed by atoms with Crippen LogP contribution in [0.2, 0.25) is 0 Å². The van der Waals surface area contributed by atoms with Gasteiger partial charge < -0.3 is 14.6 Å². The highest BCUT2D eigenvalue weighted by Gasteiger charge is 2.49. The van der Waals surface area contributed by atoms with E-state index in [0.29, 0.717) is 49.8 Å². The molecule has 0 saturated heterocycles. The number of fused-ring (bicyclic) bond motifs is 5. The van der Waals surface area contributed by atoms with Gasteiger partial charge in [0.1, 0.15) is 77.8 Å². The van der Waals surface area contributed by atoms with E-state index in [-0.39, 0.29) is 28.8 Å². The zero-order chi connectivity index (χ0) is 51.0. The van der Waals surface area contributed by atoms with Gasteiger partial charge in [0.2, 0.25) is 0 Å². The van der Waals surface area contributed by atoms with Gasteiger partial charge in [0.05, 0.1) is 5.92 Å². The third kappa shape index (κ3) is 6.56. The molecule has 2 atom stereocenters. The number of phenolic OH excluding ortho intramolecular Hbond substituents is 2. The van der Waals surface area contributed by atoms with Gasteiger partial charge in [-0.15, -0.1) is 0 Å². The molecule has 7 aromatic rings. The first-order chi connectivity index (χ1) is 33.6.